The third-order valence-corrected chi connectivity index (χ3v) is 4.72. The number of hydrogen-bond acceptors (Lipinski definition) is 5. The average Bonchev–Trinajstić information content (AvgIpc) is 2.53. The molecule has 6 heteroatoms. The highest BCUT2D eigenvalue weighted by Crippen LogP contribution is 2.18. The maximum atomic E-state index is 12.3. The summed E-state index contributed by atoms with van der Waals surface area (Å²) in [5.41, 5.74) is 0. The van der Waals surface area contributed by atoms with E-state index in [1.54, 1.807) is 36.4 Å². The van der Waals surface area contributed by atoms with E-state index in [1.807, 2.05) is 0 Å². The highest BCUT2D eigenvalue weighted by atomic mass is 32.2. The summed E-state index contributed by atoms with van der Waals surface area (Å²) in [5.74, 6) is 0.595. The molecule has 5 nitrogen and oxygen atoms in total. The first-order valence-electron chi connectivity index (χ1n) is 7.02. The molecule has 0 unspecified atom stereocenters. The minimum atomic E-state index is -3.59. The molecule has 2 aromatic rings. The molecule has 0 saturated heterocycles. The molecule has 2 rings (SSSR count). The lowest BCUT2D eigenvalue weighted by molar-refractivity contribution is 0.590. The molecule has 0 aliphatic heterocycles. The first kappa shape index (κ1) is 15.4. The van der Waals surface area contributed by atoms with Gasteiger partial charge in [0.15, 0.2) is 5.03 Å². The van der Waals surface area contributed by atoms with Gasteiger partial charge in [0, 0.05) is 6.54 Å². The topological polar surface area (TPSA) is 72.0 Å². The van der Waals surface area contributed by atoms with Gasteiger partial charge in [-0.05, 0) is 30.7 Å². The van der Waals surface area contributed by atoms with Crippen LogP contribution in [0, 0.1) is 0 Å². The SMILES string of the molecule is CCCCCNc1ccc(S(=O)(=O)c2ccccc2)nn1. The van der Waals surface area contributed by atoms with Crippen molar-refractivity contribution in [3.05, 3.63) is 42.5 Å². The molecule has 1 N–H and O–H groups in total. The number of aromatic nitrogens is 2. The molecule has 0 aliphatic rings. The maximum absolute atomic E-state index is 12.3. The Morgan fingerprint density at radius 2 is 1.76 bits per heavy atom. The zero-order valence-corrected chi connectivity index (χ0v) is 12.8. The van der Waals surface area contributed by atoms with Crippen LogP contribution in [0.25, 0.3) is 0 Å². The second kappa shape index (κ2) is 7.17. The zero-order valence-electron chi connectivity index (χ0n) is 12.0. The largest absolute Gasteiger partial charge is 0.369 e. The molecule has 21 heavy (non-hydrogen) atoms. The zero-order chi connectivity index (χ0) is 15.1. The number of hydrogen-bond donors (Lipinski definition) is 1. The summed E-state index contributed by atoms with van der Waals surface area (Å²) in [6, 6.07) is 11.4. The number of unbranched alkanes of at least 4 members (excludes halogenated alkanes) is 2. The van der Waals surface area contributed by atoms with Gasteiger partial charge in [0.2, 0.25) is 9.84 Å². The van der Waals surface area contributed by atoms with Crippen molar-refractivity contribution in [2.45, 2.75) is 36.1 Å². The molecular weight excluding hydrogens is 286 g/mol. The molecule has 0 bridgehead atoms. The lowest BCUT2D eigenvalue weighted by atomic mass is 10.2. The Morgan fingerprint density at radius 1 is 1.00 bits per heavy atom. The summed E-state index contributed by atoms with van der Waals surface area (Å²) < 4.78 is 24.6. The van der Waals surface area contributed by atoms with Crippen molar-refractivity contribution >= 4 is 15.7 Å². The van der Waals surface area contributed by atoms with E-state index in [0.717, 1.165) is 25.8 Å². The molecule has 112 valence electrons. The van der Waals surface area contributed by atoms with E-state index in [-0.39, 0.29) is 9.92 Å². The van der Waals surface area contributed by atoms with Gasteiger partial charge < -0.3 is 5.32 Å². The van der Waals surface area contributed by atoms with Gasteiger partial charge in [-0.1, -0.05) is 38.0 Å². The van der Waals surface area contributed by atoms with Crippen LogP contribution in [-0.2, 0) is 9.84 Å². The monoisotopic (exact) mass is 305 g/mol. The van der Waals surface area contributed by atoms with Gasteiger partial charge in [0.1, 0.15) is 5.82 Å². The van der Waals surface area contributed by atoms with Crippen LogP contribution in [0.4, 0.5) is 5.82 Å². The number of rotatable bonds is 7. The number of anilines is 1. The highest BCUT2D eigenvalue weighted by Gasteiger charge is 2.19. The van der Waals surface area contributed by atoms with Crippen LogP contribution in [0.5, 0.6) is 0 Å². The third-order valence-electron chi connectivity index (χ3n) is 3.06. The van der Waals surface area contributed by atoms with E-state index in [4.69, 9.17) is 0 Å². The van der Waals surface area contributed by atoms with Crippen LogP contribution in [0.15, 0.2) is 52.4 Å². The molecule has 1 aromatic carbocycles. The molecule has 0 radical (unpaired) electrons. The normalized spacial score (nSPS) is 11.3. The Balaban J connectivity index is 2.08. The third kappa shape index (κ3) is 4.01. The fourth-order valence-electron chi connectivity index (χ4n) is 1.87. The van der Waals surface area contributed by atoms with E-state index in [9.17, 15) is 8.42 Å². The van der Waals surface area contributed by atoms with E-state index in [1.165, 1.54) is 6.07 Å². The molecular formula is C15H19N3O2S. The van der Waals surface area contributed by atoms with Crippen molar-refractivity contribution in [1.29, 1.82) is 0 Å². The quantitative estimate of drug-likeness (QED) is 0.796. The summed E-state index contributed by atoms with van der Waals surface area (Å²) in [7, 11) is -3.59. The average molecular weight is 305 g/mol. The summed E-state index contributed by atoms with van der Waals surface area (Å²) in [6.45, 7) is 2.95. The van der Waals surface area contributed by atoms with Crippen LogP contribution >= 0.6 is 0 Å². The Labute approximate surface area is 125 Å². The smallest absolute Gasteiger partial charge is 0.225 e. The molecule has 0 fully saturated rings. The van der Waals surface area contributed by atoms with Crippen molar-refractivity contribution in [3.63, 3.8) is 0 Å². The molecule has 1 aromatic heterocycles. The van der Waals surface area contributed by atoms with Gasteiger partial charge >= 0.3 is 0 Å². The van der Waals surface area contributed by atoms with Gasteiger partial charge in [-0.15, -0.1) is 10.2 Å². The molecule has 0 atom stereocenters. The van der Waals surface area contributed by atoms with E-state index in [0.29, 0.717) is 5.82 Å². The van der Waals surface area contributed by atoms with Crippen LogP contribution in [0.1, 0.15) is 26.2 Å². The number of nitrogens with one attached hydrogen (secondary N) is 1. The van der Waals surface area contributed by atoms with Crippen LogP contribution in [-0.4, -0.2) is 25.2 Å². The lowest BCUT2D eigenvalue weighted by Gasteiger charge is -2.06. The lowest BCUT2D eigenvalue weighted by Crippen LogP contribution is -2.08. The van der Waals surface area contributed by atoms with Gasteiger partial charge in [-0.3, -0.25) is 0 Å². The van der Waals surface area contributed by atoms with Crippen LogP contribution < -0.4 is 5.32 Å². The van der Waals surface area contributed by atoms with Crippen molar-refractivity contribution in [2.24, 2.45) is 0 Å². The van der Waals surface area contributed by atoms with Crippen LogP contribution in [0.3, 0.4) is 0 Å². The Hall–Kier alpha value is -1.95. The van der Waals surface area contributed by atoms with Gasteiger partial charge in [0.25, 0.3) is 0 Å². The summed E-state index contributed by atoms with van der Waals surface area (Å²) >= 11 is 0. The number of benzene rings is 1. The summed E-state index contributed by atoms with van der Waals surface area (Å²) in [6.07, 6.45) is 3.37. The number of sulfone groups is 1. The van der Waals surface area contributed by atoms with Gasteiger partial charge in [-0.2, -0.15) is 0 Å². The second-order valence-corrected chi connectivity index (χ2v) is 6.60. The van der Waals surface area contributed by atoms with Crippen molar-refractivity contribution in [1.82, 2.24) is 10.2 Å². The standard InChI is InChI=1S/C15H19N3O2S/c1-2-3-7-12-16-14-10-11-15(18-17-14)21(19,20)13-8-5-4-6-9-13/h4-6,8-11H,2-3,7,12H2,1H3,(H,16,17). The van der Waals surface area contributed by atoms with Crippen molar-refractivity contribution in [3.8, 4) is 0 Å². The van der Waals surface area contributed by atoms with Gasteiger partial charge in [-0.25, -0.2) is 8.42 Å². The first-order valence-corrected chi connectivity index (χ1v) is 8.50. The second-order valence-electron chi connectivity index (χ2n) is 4.71. The van der Waals surface area contributed by atoms with E-state index >= 15 is 0 Å². The predicted molar refractivity (Wildman–Crippen MR) is 81.9 cm³/mol. The maximum Gasteiger partial charge on any atom is 0.225 e. The minimum absolute atomic E-state index is 0.0344. The predicted octanol–water partition coefficient (Wildman–Crippen LogP) is 2.91. The Bertz CT molecular complexity index is 655. The number of nitrogens with zero attached hydrogens (tertiary/aromatic N) is 2. The molecule has 1 heterocycles. The summed E-state index contributed by atoms with van der Waals surface area (Å²) in [5, 5.41) is 10.8. The van der Waals surface area contributed by atoms with Crippen molar-refractivity contribution in [2.75, 3.05) is 11.9 Å². The Morgan fingerprint density at radius 3 is 2.38 bits per heavy atom. The minimum Gasteiger partial charge on any atom is -0.369 e. The van der Waals surface area contributed by atoms with E-state index in [2.05, 4.69) is 22.4 Å². The molecule has 0 amide bonds. The van der Waals surface area contributed by atoms with Crippen LogP contribution in [0.2, 0.25) is 0 Å². The first-order chi connectivity index (χ1) is 10.1. The fraction of sp³-hybridized carbons (Fsp3) is 0.333. The molecule has 0 saturated carbocycles. The summed E-state index contributed by atoms with van der Waals surface area (Å²) in [4.78, 5) is 0.225. The molecule has 0 aliphatic carbocycles. The molecule has 0 spiro atoms. The Kier molecular flexibility index (Phi) is 5.27. The highest BCUT2D eigenvalue weighted by molar-refractivity contribution is 7.91. The van der Waals surface area contributed by atoms with E-state index < -0.39 is 9.84 Å². The fourth-order valence-corrected chi connectivity index (χ4v) is 3.02. The van der Waals surface area contributed by atoms with Crippen molar-refractivity contribution < 1.29 is 8.42 Å². The van der Waals surface area contributed by atoms with Gasteiger partial charge in [0.05, 0.1) is 4.90 Å².